The molecule has 100 valence electrons. The molecule has 2 rings (SSSR count). The van der Waals surface area contributed by atoms with Crippen LogP contribution in [0.1, 0.15) is 43.4 Å². The van der Waals surface area contributed by atoms with Crippen LogP contribution in [0.3, 0.4) is 0 Å². The molecule has 0 amide bonds. The van der Waals surface area contributed by atoms with Crippen LogP contribution in [-0.4, -0.2) is 24.0 Å². The summed E-state index contributed by atoms with van der Waals surface area (Å²) in [7, 11) is 0. The average Bonchev–Trinajstić information content (AvgIpc) is 3.17. The van der Waals surface area contributed by atoms with E-state index in [0.29, 0.717) is 18.2 Å². The first-order valence-corrected chi connectivity index (χ1v) is 6.89. The maximum absolute atomic E-state index is 13.7. The molecular weight excluding hydrogens is 227 g/mol. The summed E-state index contributed by atoms with van der Waals surface area (Å²) in [6.07, 6.45) is 3.62. The van der Waals surface area contributed by atoms with E-state index >= 15 is 0 Å². The molecule has 0 saturated heterocycles. The number of benzene rings is 1. The highest BCUT2D eigenvalue weighted by atomic mass is 19.1. The Morgan fingerprint density at radius 1 is 1.44 bits per heavy atom. The fourth-order valence-corrected chi connectivity index (χ4v) is 2.54. The van der Waals surface area contributed by atoms with Crippen molar-refractivity contribution in [2.45, 2.75) is 45.2 Å². The Hall–Kier alpha value is -0.930. The smallest absolute Gasteiger partial charge is 0.126 e. The summed E-state index contributed by atoms with van der Waals surface area (Å²) in [5.74, 6) is -0.127. The van der Waals surface area contributed by atoms with Crippen molar-refractivity contribution in [1.29, 1.82) is 0 Å². The molecule has 1 aromatic carbocycles. The second-order valence-corrected chi connectivity index (χ2v) is 5.23. The van der Waals surface area contributed by atoms with Gasteiger partial charge >= 0.3 is 0 Å². The van der Waals surface area contributed by atoms with Crippen molar-refractivity contribution in [3.8, 4) is 0 Å². The molecule has 1 unspecified atom stereocenters. The van der Waals surface area contributed by atoms with Crippen molar-refractivity contribution in [2.75, 3.05) is 13.1 Å². The predicted molar refractivity (Wildman–Crippen MR) is 73.0 cm³/mol. The molecule has 0 radical (unpaired) electrons. The molecule has 1 fully saturated rings. The molecule has 2 nitrogen and oxygen atoms in total. The summed E-state index contributed by atoms with van der Waals surface area (Å²) >= 11 is 0. The summed E-state index contributed by atoms with van der Waals surface area (Å²) in [6, 6.07) is 6.33. The van der Waals surface area contributed by atoms with E-state index < -0.39 is 0 Å². The first-order chi connectivity index (χ1) is 8.67. The Morgan fingerprint density at radius 2 is 2.17 bits per heavy atom. The molecule has 1 atom stereocenters. The standard InChI is InChI=1S/C15H23FN2/c1-3-8-18(13-6-7-13)15(10-17)12-5-4-11(2)14(16)9-12/h4-5,9,13,15H,3,6-8,10,17H2,1-2H3. The third kappa shape index (κ3) is 2.90. The van der Waals surface area contributed by atoms with E-state index in [-0.39, 0.29) is 11.9 Å². The van der Waals surface area contributed by atoms with Crippen molar-refractivity contribution in [3.05, 3.63) is 35.1 Å². The summed E-state index contributed by atoms with van der Waals surface area (Å²) in [6.45, 7) is 5.57. The van der Waals surface area contributed by atoms with Gasteiger partial charge in [-0.2, -0.15) is 0 Å². The van der Waals surface area contributed by atoms with Gasteiger partial charge in [-0.05, 0) is 49.9 Å². The lowest BCUT2D eigenvalue weighted by molar-refractivity contribution is 0.191. The van der Waals surface area contributed by atoms with Crippen LogP contribution in [0, 0.1) is 12.7 Å². The second-order valence-electron chi connectivity index (χ2n) is 5.23. The molecule has 0 bridgehead atoms. The van der Waals surface area contributed by atoms with E-state index in [2.05, 4.69) is 11.8 Å². The minimum atomic E-state index is -0.127. The predicted octanol–water partition coefficient (Wildman–Crippen LogP) is 3.01. The Bertz CT molecular complexity index is 401. The average molecular weight is 250 g/mol. The van der Waals surface area contributed by atoms with Crippen molar-refractivity contribution in [2.24, 2.45) is 5.73 Å². The Balaban J connectivity index is 2.22. The molecule has 0 aromatic heterocycles. The van der Waals surface area contributed by atoms with Crippen LogP contribution < -0.4 is 5.73 Å². The molecule has 1 aromatic rings. The fourth-order valence-electron chi connectivity index (χ4n) is 2.54. The van der Waals surface area contributed by atoms with Gasteiger partial charge < -0.3 is 5.73 Å². The van der Waals surface area contributed by atoms with E-state index in [1.54, 1.807) is 13.0 Å². The van der Waals surface area contributed by atoms with Gasteiger partial charge in [-0.1, -0.05) is 19.1 Å². The van der Waals surface area contributed by atoms with Gasteiger partial charge in [-0.25, -0.2) is 4.39 Å². The van der Waals surface area contributed by atoms with E-state index in [1.807, 2.05) is 12.1 Å². The molecule has 1 aliphatic carbocycles. The monoisotopic (exact) mass is 250 g/mol. The van der Waals surface area contributed by atoms with Crippen LogP contribution in [0.4, 0.5) is 4.39 Å². The summed E-state index contributed by atoms with van der Waals surface area (Å²) in [5, 5.41) is 0. The summed E-state index contributed by atoms with van der Waals surface area (Å²) < 4.78 is 13.7. The van der Waals surface area contributed by atoms with Gasteiger partial charge in [-0.3, -0.25) is 4.90 Å². The molecule has 2 N–H and O–H groups in total. The highest BCUT2D eigenvalue weighted by molar-refractivity contribution is 5.26. The fraction of sp³-hybridized carbons (Fsp3) is 0.600. The van der Waals surface area contributed by atoms with E-state index in [1.165, 1.54) is 12.8 Å². The third-order valence-electron chi connectivity index (χ3n) is 3.70. The third-order valence-corrected chi connectivity index (χ3v) is 3.70. The lowest BCUT2D eigenvalue weighted by atomic mass is 10.0. The van der Waals surface area contributed by atoms with Gasteiger partial charge in [-0.15, -0.1) is 0 Å². The lowest BCUT2D eigenvalue weighted by Crippen LogP contribution is -2.36. The highest BCUT2D eigenvalue weighted by Gasteiger charge is 2.33. The SMILES string of the molecule is CCCN(C1CC1)C(CN)c1ccc(C)c(F)c1. The van der Waals surface area contributed by atoms with Gasteiger partial charge in [0.05, 0.1) is 0 Å². The van der Waals surface area contributed by atoms with Crippen LogP contribution >= 0.6 is 0 Å². The van der Waals surface area contributed by atoms with Crippen molar-refractivity contribution in [3.63, 3.8) is 0 Å². The molecule has 1 saturated carbocycles. The Kier molecular flexibility index (Phi) is 4.36. The highest BCUT2D eigenvalue weighted by Crippen LogP contribution is 2.34. The minimum Gasteiger partial charge on any atom is -0.329 e. The zero-order valence-corrected chi connectivity index (χ0v) is 11.3. The van der Waals surface area contributed by atoms with E-state index in [4.69, 9.17) is 5.73 Å². The normalized spacial score (nSPS) is 17.2. The van der Waals surface area contributed by atoms with Crippen molar-refractivity contribution >= 4 is 0 Å². The van der Waals surface area contributed by atoms with Crippen molar-refractivity contribution < 1.29 is 4.39 Å². The topological polar surface area (TPSA) is 29.3 Å². The molecular formula is C15H23FN2. The minimum absolute atomic E-state index is 0.127. The zero-order valence-electron chi connectivity index (χ0n) is 11.3. The molecule has 0 heterocycles. The molecule has 1 aliphatic rings. The number of rotatable bonds is 6. The Labute approximate surface area is 109 Å². The van der Waals surface area contributed by atoms with Crippen LogP contribution in [0.2, 0.25) is 0 Å². The van der Waals surface area contributed by atoms with Crippen LogP contribution in [0.25, 0.3) is 0 Å². The van der Waals surface area contributed by atoms with Crippen molar-refractivity contribution in [1.82, 2.24) is 4.90 Å². The van der Waals surface area contributed by atoms with Gasteiger partial charge in [0, 0.05) is 18.6 Å². The van der Waals surface area contributed by atoms with E-state index in [9.17, 15) is 4.39 Å². The van der Waals surface area contributed by atoms with Gasteiger partial charge in [0.1, 0.15) is 5.82 Å². The summed E-state index contributed by atoms with van der Waals surface area (Å²) in [5.41, 5.74) is 7.64. The first-order valence-electron chi connectivity index (χ1n) is 6.89. The second kappa shape index (κ2) is 5.81. The van der Waals surface area contributed by atoms with Gasteiger partial charge in [0.15, 0.2) is 0 Å². The van der Waals surface area contributed by atoms with Crippen LogP contribution in [-0.2, 0) is 0 Å². The van der Waals surface area contributed by atoms with Gasteiger partial charge in [0.2, 0.25) is 0 Å². The Morgan fingerprint density at radius 3 is 2.67 bits per heavy atom. The maximum Gasteiger partial charge on any atom is 0.126 e. The zero-order chi connectivity index (χ0) is 13.1. The summed E-state index contributed by atoms with van der Waals surface area (Å²) in [4.78, 5) is 2.45. The number of halogens is 1. The number of nitrogens with two attached hydrogens (primary N) is 1. The number of hydrogen-bond donors (Lipinski definition) is 1. The molecule has 0 spiro atoms. The molecule has 3 heteroatoms. The lowest BCUT2D eigenvalue weighted by Gasteiger charge is -2.31. The molecule has 18 heavy (non-hydrogen) atoms. The molecule has 0 aliphatic heterocycles. The first kappa shape index (κ1) is 13.5. The van der Waals surface area contributed by atoms with Crippen LogP contribution in [0.5, 0.6) is 0 Å². The number of aryl methyl sites for hydroxylation is 1. The number of hydrogen-bond acceptors (Lipinski definition) is 2. The number of nitrogens with zero attached hydrogens (tertiary/aromatic N) is 1. The van der Waals surface area contributed by atoms with Gasteiger partial charge in [0.25, 0.3) is 0 Å². The van der Waals surface area contributed by atoms with Crippen LogP contribution in [0.15, 0.2) is 18.2 Å². The largest absolute Gasteiger partial charge is 0.329 e. The quantitative estimate of drug-likeness (QED) is 0.841. The van der Waals surface area contributed by atoms with E-state index in [0.717, 1.165) is 18.5 Å². The maximum atomic E-state index is 13.7.